The van der Waals surface area contributed by atoms with Crippen molar-refractivity contribution >= 4 is 23.4 Å². The third kappa shape index (κ3) is 4.93. The maximum Gasteiger partial charge on any atom is 0.276 e. The first-order valence-corrected chi connectivity index (χ1v) is 8.98. The van der Waals surface area contributed by atoms with E-state index >= 15 is 0 Å². The molecule has 2 aromatic carbocycles. The van der Waals surface area contributed by atoms with Gasteiger partial charge < -0.3 is 9.73 Å². The minimum absolute atomic E-state index is 0.0345. The maximum atomic E-state index is 11.9. The molecule has 0 fully saturated rings. The number of para-hydroxylation sites is 1. The van der Waals surface area contributed by atoms with Crippen LogP contribution < -0.4 is 5.32 Å². The van der Waals surface area contributed by atoms with Crippen molar-refractivity contribution in [1.29, 1.82) is 0 Å². The van der Waals surface area contributed by atoms with Crippen molar-refractivity contribution in [3.8, 4) is 11.5 Å². The molecule has 0 atom stereocenters. The van der Waals surface area contributed by atoms with Crippen LogP contribution in [-0.4, -0.2) is 21.9 Å². The molecule has 0 aliphatic heterocycles. The molecule has 6 heteroatoms. The number of aryl methyl sites for hydroxylation is 2. The predicted octanol–water partition coefficient (Wildman–Crippen LogP) is 4.47. The van der Waals surface area contributed by atoms with Gasteiger partial charge in [0.1, 0.15) is 0 Å². The molecule has 0 bridgehead atoms. The lowest BCUT2D eigenvalue weighted by atomic mass is 10.1. The van der Waals surface area contributed by atoms with Gasteiger partial charge in [-0.3, -0.25) is 4.79 Å². The first kappa shape index (κ1) is 17.2. The van der Waals surface area contributed by atoms with Crippen molar-refractivity contribution in [2.24, 2.45) is 0 Å². The lowest BCUT2D eigenvalue weighted by molar-refractivity contribution is -0.115. The second-order valence-corrected chi connectivity index (χ2v) is 6.81. The van der Waals surface area contributed by atoms with E-state index in [0.717, 1.165) is 22.4 Å². The number of anilines is 1. The smallest absolute Gasteiger partial charge is 0.276 e. The van der Waals surface area contributed by atoms with Crippen LogP contribution in [0, 0.1) is 13.8 Å². The highest BCUT2D eigenvalue weighted by Gasteiger charge is 2.11. The van der Waals surface area contributed by atoms with E-state index in [1.165, 1.54) is 11.8 Å². The summed E-state index contributed by atoms with van der Waals surface area (Å²) < 4.78 is 5.69. The van der Waals surface area contributed by atoms with Gasteiger partial charge in [-0.25, -0.2) is 0 Å². The Bertz CT molecular complexity index is 842. The zero-order valence-corrected chi connectivity index (χ0v) is 15.0. The first-order chi connectivity index (χ1) is 12.1. The number of hydrogen-bond donors (Lipinski definition) is 1. The lowest BCUT2D eigenvalue weighted by Crippen LogP contribution is -2.11. The van der Waals surface area contributed by atoms with E-state index < -0.39 is 0 Å². The molecule has 0 saturated heterocycles. The Kier molecular flexibility index (Phi) is 5.50. The van der Waals surface area contributed by atoms with E-state index in [9.17, 15) is 4.79 Å². The third-order valence-electron chi connectivity index (χ3n) is 3.49. The second kappa shape index (κ2) is 7.98. The quantitative estimate of drug-likeness (QED) is 0.662. The number of thioether (sulfide) groups is 1. The van der Waals surface area contributed by atoms with Crippen molar-refractivity contribution in [2.75, 3.05) is 11.1 Å². The van der Waals surface area contributed by atoms with Gasteiger partial charge >= 0.3 is 0 Å². The van der Waals surface area contributed by atoms with E-state index in [-0.39, 0.29) is 5.91 Å². The van der Waals surface area contributed by atoms with Gasteiger partial charge in [-0.2, -0.15) is 0 Å². The van der Waals surface area contributed by atoms with Crippen LogP contribution in [0.25, 0.3) is 11.5 Å². The number of nitrogens with one attached hydrogen (secondary N) is 1. The van der Waals surface area contributed by atoms with Crippen molar-refractivity contribution in [1.82, 2.24) is 10.2 Å². The number of aromatic nitrogens is 2. The second-order valence-electron chi connectivity index (χ2n) is 5.76. The number of benzene rings is 2. The average Bonchev–Trinajstić information content (AvgIpc) is 3.04. The SMILES string of the molecule is Cc1cc(C)cc(-c2nnc(SCCC(=O)Nc3ccccc3)o2)c1. The van der Waals surface area contributed by atoms with Crippen LogP contribution in [0.1, 0.15) is 17.5 Å². The van der Waals surface area contributed by atoms with Crippen molar-refractivity contribution in [2.45, 2.75) is 25.5 Å². The molecule has 0 saturated carbocycles. The van der Waals surface area contributed by atoms with Crippen LogP contribution in [0.5, 0.6) is 0 Å². The molecule has 3 rings (SSSR count). The number of hydrogen-bond acceptors (Lipinski definition) is 5. The maximum absolute atomic E-state index is 11.9. The Morgan fingerprint density at radius 1 is 1.08 bits per heavy atom. The molecule has 1 amide bonds. The van der Waals surface area contributed by atoms with E-state index in [1.54, 1.807) is 0 Å². The summed E-state index contributed by atoms with van der Waals surface area (Å²) in [4.78, 5) is 11.9. The summed E-state index contributed by atoms with van der Waals surface area (Å²) in [5.41, 5.74) is 4.02. The molecule has 5 nitrogen and oxygen atoms in total. The molecule has 25 heavy (non-hydrogen) atoms. The van der Waals surface area contributed by atoms with E-state index in [0.29, 0.717) is 23.3 Å². The zero-order chi connectivity index (χ0) is 17.6. The topological polar surface area (TPSA) is 68.0 Å². The van der Waals surface area contributed by atoms with Gasteiger partial charge in [0.25, 0.3) is 5.22 Å². The van der Waals surface area contributed by atoms with Crippen LogP contribution in [0.2, 0.25) is 0 Å². The molecule has 0 unspecified atom stereocenters. The minimum Gasteiger partial charge on any atom is -0.411 e. The fourth-order valence-electron chi connectivity index (χ4n) is 2.46. The summed E-state index contributed by atoms with van der Waals surface area (Å²) in [7, 11) is 0. The summed E-state index contributed by atoms with van der Waals surface area (Å²) in [6.45, 7) is 4.07. The van der Waals surface area contributed by atoms with Gasteiger partial charge in [0, 0.05) is 23.4 Å². The highest BCUT2D eigenvalue weighted by atomic mass is 32.2. The number of carbonyl (C=O) groups excluding carboxylic acids is 1. The third-order valence-corrected chi connectivity index (χ3v) is 4.31. The standard InChI is InChI=1S/C19H19N3O2S/c1-13-10-14(2)12-15(11-13)18-21-22-19(24-18)25-9-8-17(23)20-16-6-4-3-5-7-16/h3-7,10-12H,8-9H2,1-2H3,(H,20,23). The fourth-order valence-corrected chi connectivity index (χ4v) is 3.16. The fraction of sp³-hybridized carbons (Fsp3) is 0.211. The van der Waals surface area contributed by atoms with Crippen molar-refractivity contribution in [3.05, 3.63) is 59.7 Å². The van der Waals surface area contributed by atoms with Crippen LogP contribution >= 0.6 is 11.8 Å². The summed E-state index contributed by atoms with van der Waals surface area (Å²) in [6, 6.07) is 15.5. The monoisotopic (exact) mass is 353 g/mol. The van der Waals surface area contributed by atoms with Gasteiger partial charge in [0.05, 0.1) is 0 Å². The Morgan fingerprint density at radius 2 is 1.80 bits per heavy atom. The molecule has 0 radical (unpaired) electrons. The summed E-state index contributed by atoms with van der Waals surface area (Å²) in [5, 5.41) is 11.5. The Labute approximate surface area is 150 Å². The van der Waals surface area contributed by atoms with Crippen LogP contribution in [0.3, 0.4) is 0 Å². The summed E-state index contributed by atoms with van der Waals surface area (Å²) in [5.74, 6) is 1.04. The summed E-state index contributed by atoms with van der Waals surface area (Å²) in [6.07, 6.45) is 0.376. The van der Waals surface area contributed by atoms with E-state index in [4.69, 9.17) is 4.42 Å². The van der Waals surface area contributed by atoms with Gasteiger partial charge in [-0.1, -0.05) is 47.2 Å². The Balaban J connectivity index is 1.52. The number of nitrogens with zero attached hydrogens (tertiary/aromatic N) is 2. The zero-order valence-electron chi connectivity index (χ0n) is 14.2. The molecule has 1 aromatic heterocycles. The van der Waals surface area contributed by atoms with Crippen molar-refractivity contribution < 1.29 is 9.21 Å². The molecule has 0 aliphatic rings. The van der Waals surface area contributed by atoms with Crippen molar-refractivity contribution in [3.63, 3.8) is 0 Å². The van der Waals surface area contributed by atoms with Gasteiger partial charge in [-0.15, -0.1) is 10.2 Å². The molecule has 128 valence electrons. The number of rotatable bonds is 6. The number of carbonyl (C=O) groups is 1. The van der Waals surface area contributed by atoms with Gasteiger partial charge in [-0.05, 0) is 38.1 Å². The largest absolute Gasteiger partial charge is 0.411 e. The highest BCUT2D eigenvalue weighted by molar-refractivity contribution is 7.99. The average molecular weight is 353 g/mol. The van der Waals surface area contributed by atoms with E-state index in [2.05, 4.69) is 21.6 Å². The normalized spacial score (nSPS) is 10.6. The van der Waals surface area contributed by atoms with Crippen LogP contribution in [0.15, 0.2) is 58.2 Å². The molecular formula is C19H19N3O2S. The molecule has 3 aromatic rings. The molecular weight excluding hydrogens is 334 g/mol. The first-order valence-electron chi connectivity index (χ1n) is 8.00. The Morgan fingerprint density at radius 3 is 2.52 bits per heavy atom. The van der Waals surface area contributed by atoms with E-state index in [1.807, 2.05) is 56.3 Å². The van der Waals surface area contributed by atoms with Gasteiger partial charge in [0.2, 0.25) is 11.8 Å². The minimum atomic E-state index is -0.0345. The van der Waals surface area contributed by atoms with Crippen LogP contribution in [-0.2, 0) is 4.79 Å². The lowest BCUT2D eigenvalue weighted by Gasteiger charge is -2.03. The molecule has 1 N–H and O–H groups in total. The predicted molar refractivity (Wildman–Crippen MR) is 99.6 cm³/mol. The highest BCUT2D eigenvalue weighted by Crippen LogP contribution is 2.25. The number of amides is 1. The Hall–Kier alpha value is -2.60. The molecule has 0 aliphatic carbocycles. The van der Waals surface area contributed by atoms with Gasteiger partial charge in [0.15, 0.2) is 0 Å². The molecule has 1 heterocycles. The molecule has 0 spiro atoms. The summed E-state index contributed by atoms with van der Waals surface area (Å²) >= 11 is 1.38. The van der Waals surface area contributed by atoms with Crippen LogP contribution in [0.4, 0.5) is 5.69 Å².